The molecule has 0 N–H and O–H groups in total. The molecule has 3 heteroatoms. The molecular formula is C6H7ClO2. The molecule has 0 aromatic heterocycles. The van der Waals surface area contributed by atoms with Crippen LogP contribution in [0.2, 0.25) is 0 Å². The molecule has 9 heavy (non-hydrogen) atoms. The minimum atomic E-state index is -0.194. The molecule has 0 amide bonds. The van der Waals surface area contributed by atoms with Crippen molar-refractivity contribution in [3.63, 3.8) is 0 Å². The molecule has 0 saturated carbocycles. The van der Waals surface area contributed by atoms with Crippen LogP contribution in [-0.4, -0.2) is 11.8 Å². The van der Waals surface area contributed by atoms with Gasteiger partial charge in [-0.2, -0.15) is 0 Å². The van der Waals surface area contributed by atoms with Gasteiger partial charge in [-0.3, -0.25) is 4.79 Å². The van der Waals surface area contributed by atoms with Gasteiger partial charge in [-0.25, -0.2) is 0 Å². The third-order valence-electron chi connectivity index (χ3n) is 1.30. The Kier molecular flexibility index (Phi) is 1.76. The van der Waals surface area contributed by atoms with Crippen molar-refractivity contribution in [3.8, 4) is 0 Å². The van der Waals surface area contributed by atoms with Gasteiger partial charge in [-0.05, 0) is 6.42 Å². The van der Waals surface area contributed by atoms with Gasteiger partial charge in [-0.1, -0.05) is 6.58 Å². The van der Waals surface area contributed by atoms with Crippen molar-refractivity contribution in [3.05, 3.63) is 12.3 Å². The van der Waals surface area contributed by atoms with Crippen LogP contribution in [0.5, 0.6) is 0 Å². The Bertz CT molecular complexity index is 139. The number of esters is 1. The zero-order valence-corrected chi connectivity index (χ0v) is 5.65. The van der Waals surface area contributed by atoms with Gasteiger partial charge in [0.2, 0.25) is 0 Å². The second kappa shape index (κ2) is 2.40. The maximum Gasteiger partial charge on any atom is 0.321 e. The Hall–Kier alpha value is -0.500. The molecule has 1 saturated heterocycles. The standard InChI is InChI=1S/C6H7ClO2/c1-4-5(2-3-7)6(8)9-4/h5H,1-3H2. The lowest BCUT2D eigenvalue weighted by atomic mass is 10.0. The largest absolute Gasteiger partial charge is 0.430 e. The van der Waals surface area contributed by atoms with Gasteiger partial charge < -0.3 is 4.74 Å². The average molecular weight is 147 g/mol. The predicted octanol–water partition coefficient (Wildman–Crippen LogP) is 1.30. The summed E-state index contributed by atoms with van der Waals surface area (Å²) < 4.78 is 4.51. The van der Waals surface area contributed by atoms with Gasteiger partial charge in [-0.15, -0.1) is 11.6 Å². The summed E-state index contributed by atoms with van der Waals surface area (Å²) in [6.07, 6.45) is 0.652. The molecular weight excluding hydrogens is 140 g/mol. The number of rotatable bonds is 2. The molecule has 2 nitrogen and oxygen atoms in total. The summed E-state index contributed by atoms with van der Waals surface area (Å²) in [5.41, 5.74) is 0. The zero-order chi connectivity index (χ0) is 6.85. The van der Waals surface area contributed by atoms with Crippen LogP contribution in [-0.2, 0) is 9.53 Å². The maximum absolute atomic E-state index is 10.5. The van der Waals surface area contributed by atoms with Crippen molar-refractivity contribution in [1.82, 2.24) is 0 Å². The van der Waals surface area contributed by atoms with Crippen LogP contribution in [0.4, 0.5) is 0 Å². The molecule has 1 fully saturated rings. The highest BCUT2D eigenvalue weighted by Crippen LogP contribution is 2.27. The van der Waals surface area contributed by atoms with Crippen molar-refractivity contribution in [2.75, 3.05) is 5.88 Å². The summed E-state index contributed by atoms with van der Waals surface area (Å²) in [6, 6.07) is 0. The number of alkyl halides is 1. The third-order valence-corrected chi connectivity index (χ3v) is 1.52. The monoisotopic (exact) mass is 146 g/mol. The van der Waals surface area contributed by atoms with Crippen LogP contribution >= 0.6 is 11.6 Å². The van der Waals surface area contributed by atoms with E-state index in [4.69, 9.17) is 11.6 Å². The Morgan fingerprint density at radius 1 is 1.78 bits per heavy atom. The smallest absolute Gasteiger partial charge is 0.321 e. The Morgan fingerprint density at radius 2 is 2.44 bits per heavy atom. The molecule has 50 valence electrons. The van der Waals surface area contributed by atoms with E-state index in [-0.39, 0.29) is 11.9 Å². The molecule has 1 heterocycles. The molecule has 1 aliphatic rings. The molecule has 1 unspecified atom stereocenters. The van der Waals surface area contributed by atoms with Gasteiger partial charge in [0.1, 0.15) is 11.7 Å². The summed E-state index contributed by atoms with van der Waals surface area (Å²) in [5, 5.41) is 0. The summed E-state index contributed by atoms with van der Waals surface area (Å²) in [4.78, 5) is 10.5. The first-order valence-electron chi connectivity index (χ1n) is 2.72. The van der Waals surface area contributed by atoms with Crippen LogP contribution in [0, 0.1) is 5.92 Å². The van der Waals surface area contributed by atoms with Crippen molar-refractivity contribution >= 4 is 17.6 Å². The highest BCUT2D eigenvalue weighted by atomic mass is 35.5. The normalized spacial score (nSPS) is 25.2. The topological polar surface area (TPSA) is 26.3 Å². The van der Waals surface area contributed by atoms with Gasteiger partial charge in [0, 0.05) is 5.88 Å². The van der Waals surface area contributed by atoms with E-state index in [0.717, 1.165) is 0 Å². The van der Waals surface area contributed by atoms with Crippen LogP contribution in [0.15, 0.2) is 12.3 Å². The van der Waals surface area contributed by atoms with E-state index in [1.807, 2.05) is 0 Å². The number of ether oxygens (including phenoxy) is 1. The van der Waals surface area contributed by atoms with E-state index < -0.39 is 0 Å². The van der Waals surface area contributed by atoms with Gasteiger partial charge >= 0.3 is 5.97 Å². The van der Waals surface area contributed by atoms with Gasteiger partial charge in [0.25, 0.3) is 0 Å². The van der Waals surface area contributed by atoms with E-state index >= 15 is 0 Å². The summed E-state index contributed by atoms with van der Waals surface area (Å²) in [5.74, 6) is 0.725. The minimum absolute atomic E-state index is 0.123. The first kappa shape index (κ1) is 6.62. The number of carbonyl (C=O) groups excluding carboxylic acids is 1. The first-order chi connectivity index (χ1) is 4.25. The lowest BCUT2D eigenvalue weighted by molar-refractivity contribution is -0.156. The second-order valence-corrected chi connectivity index (χ2v) is 2.30. The molecule has 0 aromatic carbocycles. The fourth-order valence-corrected chi connectivity index (χ4v) is 0.951. The van der Waals surface area contributed by atoms with Crippen molar-refractivity contribution in [2.24, 2.45) is 5.92 Å². The van der Waals surface area contributed by atoms with E-state index in [1.165, 1.54) is 0 Å². The van der Waals surface area contributed by atoms with Gasteiger partial charge in [0.15, 0.2) is 0 Å². The lowest BCUT2D eigenvalue weighted by Crippen LogP contribution is -2.31. The Balaban J connectivity index is 2.39. The Morgan fingerprint density at radius 3 is 2.67 bits per heavy atom. The number of hydrogen-bond acceptors (Lipinski definition) is 2. The van der Waals surface area contributed by atoms with Crippen molar-refractivity contribution in [2.45, 2.75) is 6.42 Å². The summed E-state index contributed by atoms with van der Waals surface area (Å²) >= 11 is 5.39. The fraction of sp³-hybridized carbons (Fsp3) is 0.500. The highest BCUT2D eigenvalue weighted by Gasteiger charge is 2.34. The van der Waals surface area contributed by atoms with Crippen LogP contribution < -0.4 is 0 Å². The minimum Gasteiger partial charge on any atom is -0.430 e. The average Bonchev–Trinajstić information content (AvgIpc) is 1.84. The van der Waals surface area contributed by atoms with Crippen molar-refractivity contribution in [1.29, 1.82) is 0 Å². The van der Waals surface area contributed by atoms with Crippen molar-refractivity contribution < 1.29 is 9.53 Å². The lowest BCUT2D eigenvalue weighted by Gasteiger charge is -2.25. The molecule has 0 spiro atoms. The molecule has 0 aromatic rings. The predicted molar refractivity (Wildman–Crippen MR) is 34.1 cm³/mol. The molecule has 1 rings (SSSR count). The maximum atomic E-state index is 10.5. The quantitative estimate of drug-likeness (QED) is 0.434. The van der Waals surface area contributed by atoms with E-state index in [2.05, 4.69) is 11.3 Å². The molecule has 0 bridgehead atoms. The zero-order valence-electron chi connectivity index (χ0n) is 4.89. The van der Waals surface area contributed by atoms with Crippen LogP contribution in [0.1, 0.15) is 6.42 Å². The first-order valence-corrected chi connectivity index (χ1v) is 3.25. The second-order valence-electron chi connectivity index (χ2n) is 1.92. The van der Waals surface area contributed by atoms with Crippen LogP contribution in [0.25, 0.3) is 0 Å². The number of hydrogen-bond donors (Lipinski definition) is 0. The molecule has 0 aliphatic carbocycles. The van der Waals surface area contributed by atoms with Crippen LogP contribution in [0.3, 0.4) is 0 Å². The van der Waals surface area contributed by atoms with E-state index in [0.29, 0.717) is 18.1 Å². The van der Waals surface area contributed by atoms with E-state index in [9.17, 15) is 4.79 Å². The SMILES string of the molecule is C=C1OC(=O)C1CCCl. The summed E-state index contributed by atoms with van der Waals surface area (Å²) in [7, 11) is 0. The molecule has 1 atom stereocenters. The number of carbonyl (C=O) groups is 1. The molecule has 0 radical (unpaired) electrons. The summed E-state index contributed by atoms with van der Waals surface area (Å²) in [6.45, 7) is 3.51. The molecule has 1 aliphatic heterocycles. The Labute approximate surface area is 58.4 Å². The van der Waals surface area contributed by atoms with E-state index in [1.54, 1.807) is 0 Å². The number of halogens is 1. The fourth-order valence-electron chi connectivity index (χ4n) is 0.733. The highest BCUT2D eigenvalue weighted by molar-refractivity contribution is 6.18. The number of cyclic esters (lactones) is 1. The third kappa shape index (κ3) is 1.08. The van der Waals surface area contributed by atoms with Gasteiger partial charge in [0.05, 0.1) is 0 Å².